The van der Waals surface area contributed by atoms with E-state index in [0.717, 1.165) is 173 Å². The summed E-state index contributed by atoms with van der Waals surface area (Å²) in [4.78, 5) is 72.9. The molecule has 0 aliphatic carbocycles. The van der Waals surface area contributed by atoms with Crippen molar-refractivity contribution in [2.45, 2.75) is 380 Å². The van der Waals surface area contributed by atoms with E-state index in [-0.39, 0.29) is 25.7 Å². The highest BCUT2D eigenvalue weighted by molar-refractivity contribution is 7.47. The molecule has 0 saturated heterocycles. The first-order valence-electron chi connectivity index (χ1n) is 40.2. The minimum absolute atomic E-state index is 0.0844. The van der Waals surface area contributed by atoms with Crippen LogP contribution in [0, 0.1) is 0 Å². The van der Waals surface area contributed by atoms with Crippen molar-refractivity contribution in [1.29, 1.82) is 0 Å². The van der Waals surface area contributed by atoms with Gasteiger partial charge in [0.2, 0.25) is 0 Å². The number of carbonyl (C=O) groups excluding carboxylic acids is 4. The molecule has 0 amide bonds. The number of unbranched alkanes of at least 4 members (excludes halogenated alkanes) is 38. The second-order valence-corrected chi connectivity index (χ2v) is 29.9. The normalized spacial score (nSPS) is 14.3. The quantitative estimate of drug-likeness (QED) is 0.0169. The van der Waals surface area contributed by atoms with E-state index in [1.54, 1.807) is 0 Å². The van der Waals surface area contributed by atoms with Gasteiger partial charge in [0, 0.05) is 25.7 Å². The first-order chi connectivity index (χ1) is 48.7. The molecule has 0 spiro atoms. The van der Waals surface area contributed by atoms with Crippen molar-refractivity contribution in [3.05, 3.63) is 72.9 Å². The lowest BCUT2D eigenvalue weighted by Crippen LogP contribution is -2.30. The van der Waals surface area contributed by atoms with Crippen LogP contribution in [0.3, 0.4) is 0 Å². The van der Waals surface area contributed by atoms with Crippen molar-refractivity contribution in [2.24, 2.45) is 0 Å². The lowest BCUT2D eigenvalue weighted by molar-refractivity contribution is -0.161. The lowest BCUT2D eigenvalue weighted by atomic mass is 10.1. The molecule has 0 heterocycles. The Kier molecular flexibility index (Phi) is 71.2. The number of esters is 4. The third kappa shape index (κ3) is 72.8. The molecule has 100 heavy (non-hydrogen) atoms. The molecule has 0 radical (unpaired) electrons. The molecule has 0 rings (SSSR count). The molecule has 17 nitrogen and oxygen atoms in total. The molecule has 5 atom stereocenters. The highest BCUT2D eigenvalue weighted by Gasteiger charge is 2.30. The Morgan fingerprint density at radius 2 is 0.500 bits per heavy atom. The van der Waals surface area contributed by atoms with Gasteiger partial charge in [-0.15, -0.1) is 0 Å². The molecule has 0 aromatic heterocycles. The molecule has 19 heteroatoms. The summed E-state index contributed by atoms with van der Waals surface area (Å²) in [5.74, 6) is -2.19. The van der Waals surface area contributed by atoms with Gasteiger partial charge in [-0.3, -0.25) is 37.3 Å². The van der Waals surface area contributed by atoms with Gasteiger partial charge < -0.3 is 33.8 Å². The Balaban J connectivity index is 5.32. The standard InChI is InChI=1S/C81H146O17P2/c1-5-9-13-17-21-25-29-32-35-36-37-38-41-43-47-50-54-58-62-66-79(84)92-72-77(98-81(86)68-64-60-56-52-48-44-40-34-31-27-23-19-15-11-7-3)74-96-100(89,90)94-70-75(82)69-93-99(87,88)95-73-76(97-80(85)67-63-59-55-51-45-28-24-20-16-12-8-4)71-91-78(83)65-61-57-53-49-46-42-39-33-30-26-22-18-14-10-6-2/h20-21,24-25,32-35,37-40,75-77,82H,5-19,22-23,26-31,36,41-74H2,1-4H3,(H,87,88)(H,89,90)/b24-20-,25-21-,35-32-,38-37-,39-33-,40-34-. The molecule has 0 aromatic carbocycles. The number of hydrogen-bond acceptors (Lipinski definition) is 15. The number of ether oxygens (including phenoxy) is 4. The molecule has 0 aliphatic heterocycles. The van der Waals surface area contributed by atoms with Crippen molar-refractivity contribution in [3.63, 3.8) is 0 Å². The average molecular weight is 1450 g/mol. The predicted octanol–water partition coefficient (Wildman–Crippen LogP) is 23.2. The van der Waals surface area contributed by atoms with Crippen molar-refractivity contribution in [2.75, 3.05) is 39.6 Å². The van der Waals surface area contributed by atoms with Crippen LogP contribution in [-0.2, 0) is 65.4 Å². The van der Waals surface area contributed by atoms with Crippen molar-refractivity contribution in [3.8, 4) is 0 Å². The number of phosphoric acid groups is 2. The van der Waals surface area contributed by atoms with E-state index in [2.05, 4.69) is 101 Å². The van der Waals surface area contributed by atoms with Gasteiger partial charge in [-0.05, 0) is 135 Å². The van der Waals surface area contributed by atoms with Gasteiger partial charge in [-0.25, -0.2) is 9.13 Å². The number of hydrogen-bond donors (Lipinski definition) is 3. The highest BCUT2D eigenvalue weighted by atomic mass is 31.2. The van der Waals surface area contributed by atoms with Crippen LogP contribution in [0.4, 0.5) is 0 Å². The third-order valence-corrected chi connectivity index (χ3v) is 19.0. The van der Waals surface area contributed by atoms with Gasteiger partial charge in [0.25, 0.3) is 0 Å². The summed E-state index contributed by atoms with van der Waals surface area (Å²) in [7, 11) is -9.95. The van der Waals surface area contributed by atoms with Crippen LogP contribution in [0.2, 0.25) is 0 Å². The fourth-order valence-corrected chi connectivity index (χ4v) is 12.5. The Morgan fingerprint density at radius 3 is 0.810 bits per heavy atom. The molecule has 5 unspecified atom stereocenters. The van der Waals surface area contributed by atoms with Crippen LogP contribution in [0.15, 0.2) is 72.9 Å². The van der Waals surface area contributed by atoms with Crippen LogP contribution in [-0.4, -0.2) is 96.7 Å². The molecule has 0 saturated carbocycles. The minimum Gasteiger partial charge on any atom is -0.462 e. The molecule has 0 fully saturated rings. The maximum Gasteiger partial charge on any atom is 0.472 e. The maximum atomic E-state index is 13.1. The summed E-state index contributed by atoms with van der Waals surface area (Å²) >= 11 is 0. The molecule has 0 bridgehead atoms. The van der Waals surface area contributed by atoms with Gasteiger partial charge in [-0.2, -0.15) is 0 Å². The van der Waals surface area contributed by atoms with Crippen molar-refractivity contribution >= 4 is 39.5 Å². The predicted molar refractivity (Wildman–Crippen MR) is 409 cm³/mol. The Bertz CT molecular complexity index is 2180. The van der Waals surface area contributed by atoms with E-state index in [1.807, 2.05) is 0 Å². The maximum absolute atomic E-state index is 13.1. The summed E-state index contributed by atoms with van der Waals surface area (Å²) in [5.41, 5.74) is 0. The van der Waals surface area contributed by atoms with E-state index < -0.39 is 97.5 Å². The molecule has 3 N–H and O–H groups in total. The lowest BCUT2D eigenvalue weighted by Gasteiger charge is -2.21. The largest absolute Gasteiger partial charge is 0.472 e. The third-order valence-electron chi connectivity index (χ3n) is 17.1. The zero-order valence-electron chi connectivity index (χ0n) is 63.6. The first kappa shape index (κ1) is 96.5. The van der Waals surface area contributed by atoms with Crippen LogP contribution in [0.5, 0.6) is 0 Å². The van der Waals surface area contributed by atoms with Gasteiger partial charge in [0.15, 0.2) is 12.2 Å². The molecule has 0 aromatic rings. The van der Waals surface area contributed by atoms with E-state index >= 15 is 0 Å². The van der Waals surface area contributed by atoms with Crippen LogP contribution >= 0.6 is 15.6 Å². The first-order valence-corrected chi connectivity index (χ1v) is 43.2. The molecule has 582 valence electrons. The Morgan fingerprint density at radius 1 is 0.280 bits per heavy atom. The summed E-state index contributed by atoms with van der Waals surface area (Å²) in [5, 5.41) is 10.6. The SMILES string of the molecule is CCCC/C=C\CCCCCCCC(=O)OC(COC(=O)CCCCCCC/C=C\CCCCCCCC)COP(=O)(O)OCC(O)COP(=O)(O)OCC(COC(=O)CCCCCCCC/C=C\C/C=C\C/C=C\CCCCC)OC(=O)CCCCCCC/C=C\CCCCCCCC. The summed E-state index contributed by atoms with van der Waals surface area (Å²) in [6, 6.07) is 0. The zero-order chi connectivity index (χ0) is 73.2. The fourth-order valence-electron chi connectivity index (χ4n) is 10.9. The van der Waals surface area contributed by atoms with E-state index in [0.29, 0.717) is 25.7 Å². The van der Waals surface area contributed by atoms with Crippen LogP contribution in [0.1, 0.15) is 362 Å². The highest BCUT2D eigenvalue weighted by Crippen LogP contribution is 2.45. The summed E-state index contributed by atoms with van der Waals surface area (Å²) in [6.07, 6.45) is 74.5. The number of carbonyl (C=O) groups is 4. The van der Waals surface area contributed by atoms with Gasteiger partial charge in [0.1, 0.15) is 19.3 Å². The van der Waals surface area contributed by atoms with E-state index in [4.69, 9.17) is 37.0 Å². The van der Waals surface area contributed by atoms with Gasteiger partial charge >= 0.3 is 39.5 Å². The average Bonchev–Trinajstić information content (AvgIpc) is 2.75. The summed E-state index contributed by atoms with van der Waals surface area (Å²) in [6.45, 7) is 4.81. The van der Waals surface area contributed by atoms with E-state index in [9.17, 15) is 43.2 Å². The van der Waals surface area contributed by atoms with Crippen LogP contribution < -0.4 is 0 Å². The van der Waals surface area contributed by atoms with Crippen LogP contribution in [0.25, 0.3) is 0 Å². The Hall–Kier alpha value is -3.50. The van der Waals surface area contributed by atoms with Gasteiger partial charge in [-0.1, -0.05) is 274 Å². The number of allylic oxidation sites excluding steroid dienone is 12. The molecular weight excluding hydrogens is 1310 g/mol. The zero-order valence-corrected chi connectivity index (χ0v) is 65.4. The molecule has 0 aliphatic rings. The number of aliphatic hydroxyl groups is 1. The fraction of sp³-hybridized carbons (Fsp3) is 0.802. The second kappa shape index (κ2) is 73.8. The van der Waals surface area contributed by atoms with Gasteiger partial charge in [0.05, 0.1) is 26.4 Å². The number of rotatable bonds is 76. The number of phosphoric ester groups is 2. The van der Waals surface area contributed by atoms with E-state index in [1.165, 1.54) is 109 Å². The Labute approximate surface area is 609 Å². The topological polar surface area (TPSA) is 237 Å². The van der Waals surface area contributed by atoms with Crippen molar-refractivity contribution in [1.82, 2.24) is 0 Å². The summed E-state index contributed by atoms with van der Waals surface area (Å²) < 4.78 is 68.5. The van der Waals surface area contributed by atoms with Crippen molar-refractivity contribution < 1.29 is 80.2 Å². The molecular formula is C81H146O17P2. The monoisotopic (exact) mass is 1450 g/mol. The second-order valence-electron chi connectivity index (χ2n) is 27.0. The minimum atomic E-state index is -4.98. The smallest absolute Gasteiger partial charge is 0.462 e. The number of aliphatic hydroxyl groups excluding tert-OH is 1.